The minimum atomic E-state index is -0.167. The standard InChI is InChI=1S/C25H23N7O2/c1-17-21(25(33)28-14-18-7-10-32-11-9-27-24(32)12-18)4-3-5-22(17)34-20-6-8-26-23(13-20)30-19-15-29-31(2)16-19/h3-13,15-16H,14H2,1-2H3,(H,26,30)(H,28,33). The van der Waals surface area contributed by atoms with E-state index in [0.717, 1.165) is 22.5 Å². The van der Waals surface area contributed by atoms with Crippen LogP contribution in [0.25, 0.3) is 5.65 Å². The molecule has 0 saturated carbocycles. The highest BCUT2D eigenvalue weighted by Gasteiger charge is 2.13. The fraction of sp³-hybridized carbons (Fsp3) is 0.120. The number of amides is 1. The number of rotatable bonds is 7. The Hall–Kier alpha value is -4.66. The molecule has 0 aliphatic carbocycles. The molecule has 9 heteroatoms. The molecule has 0 radical (unpaired) electrons. The zero-order chi connectivity index (χ0) is 23.5. The molecule has 0 spiro atoms. The fourth-order valence-electron chi connectivity index (χ4n) is 3.61. The van der Waals surface area contributed by atoms with Crippen LogP contribution in [0.15, 0.2) is 79.6 Å². The number of carbonyl (C=O) groups excluding carboxylic acids is 1. The van der Waals surface area contributed by atoms with Gasteiger partial charge in [0.05, 0.1) is 11.9 Å². The van der Waals surface area contributed by atoms with E-state index in [1.165, 1.54) is 0 Å². The van der Waals surface area contributed by atoms with Gasteiger partial charge in [0.1, 0.15) is 23.0 Å². The normalized spacial score (nSPS) is 10.9. The summed E-state index contributed by atoms with van der Waals surface area (Å²) in [7, 11) is 1.85. The smallest absolute Gasteiger partial charge is 0.251 e. The summed E-state index contributed by atoms with van der Waals surface area (Å²) in [6, 6.07) is 12.9. The summed E-state index contributed by atoms with van der Waals surface area (Å²) >= 11 is 0. The molecule has 0 atom stereocenters. The third-order valence-corrected chi connectivity index (χ3v) is 5.38. The quantitative estimate of drug-likeness (QED) is 0.383. The first-order valence-corrected chi connectivity index (χ1v) is 10.7. The maximum absolute atomic E-state index is 12.9. The molecule has 2 N–H and O–H groups in total. The summed E-state index contributed by atoms with van der Waals surface area (Å²) in [5, 5.41) is 10.3. The van der Waals surface area contributed by atoms with Crippen LogP contribution in [0.5, 0.6) is 11.5 Å². The number of benzene rings is 1. The van der Waals surface area contributed by atoms with Crippen LogP contribution in [0.3, 0.4) is 0 Å². The van der Waals surface area contributed by atoms with E-state index >= 15 is 0 Å². The van der Waals surface area contributed by atoms with Crippen LogP contribution in [0.2, 0.25) is 0 Å². The minimum absolute atomic E-state index is 0.167. The molecule has 1 aromatic carbocycles. The number of nitrogens with one attached hydrogen (secondary N) is 2. The first-order chi connectivity index (χ1) is 16.5. The second-order valence-corrected chi connectivity index (χ2v) is 7.85. The highest BCUT2D eigenvalue weighted by molar-refractivity contribution is 5.96. The van der Waals surface area contributed by atoms with E-state index in [-0.39, 0.29) is 5.91 Å². The Morgan fingerprint density at radius 2 is 2.00 bits per heavy atom. The van der Waals surface area contributed by atoms with Crippen LogP contribution >= 0.6 is 0 Å². The molecule has 0 aliphatic rings. The number of ether oxygens (including phenoxy) is 1. The number of carbonyl (C=O) groups is 1. The van der Waals surface area contributed by atoms with Crippen molar-refractivity contribution in [3.05, 3.63) is 96.3 Å². The molecule has 0 fully saturated rings. The van der Waals surface area contributed by atoms with E-state index in [2.05, 4.69) is 25.7 Å². The van der Waals surface area contributed by atoms with E-state index in [4.69, 9.17) is 4.74 Å². The van der Waals surface area contributed by atoms with Gasteiger partial charge in [0, 0.05) is 61.8 Å². The summed E-state index contributed by atoms with van der Waals surface area (Å²) in [6.07, 6.45) is 10.8. The lowest BCUT2D eigenvalue weighted by Gasteiger charge is -2.13. The van der Waals surface area contributed by atoms with Crippen LogP contribution in [0.1, 0.15) is 21.5 Å². The molecule has 0 bridgehead atoms. The third-order valence-electron chi connectivity index (χ3n) is 5.38. The fourth-order valence-corrected chi connectivity index (χ4v) is 3.61. The molecule has 4 heterocycles. The minimum Gasteiger partial charge on any atom is -0.457 e. The Bertz CT molecular complexity index is 1470. The van der Waals surface area contributed by atoms with Crippen molar-refractivity contribution in [2.45, 2.75) is 13.5 Å². The highest BCUT2D eigenvalue weighted by Crippen LogP contribution is 2.28. The first kappa shape index (κ1) is 21.2. The second-order valence-electron chi connectivity index (χ2n) is 7.85. The number of hydrogen-bond acceptors (Lipinski definition) is 6. The summed E-state index contributed by atoms with van der Waals surface area (Å²) in [6.45, 7) is 2.28. The summed E-state index contributed by atoms with van der Waals surface area (Å²) < 4.78 is 9.72. The predicted octanol–water partition coefficient (Wildman–Crippen LogP) is 4.24. The largest absolute Gasteiger partial charge is 0.457 e. The van der Waals surface area contributed by atoms with E-state index in [1.807, 2.05) is 61.2 Å². The second kappa shape index (κ2) is 9.07. The SMILES string of the molecule is Cc1c(Oc2ccnc(Nc3cnn(C)c3)c2)cccc1C(=O)NCc1ccn2ccnc2c1. The van der Waals surface area contributed by atoms with Gasteiger partial charge in [0.2, 0.25) is 0 Å². The first-order valence-electron chi connectivity index (χ1n) is 10.7. The molecule has 4 aromatic heterocycles. The third kappa shape index (κ3) is 4.58. The van der Waals surface area contributed by atoms with Crippen molar-refractivity contribution in [3.63, 3.8) is 0 Å². The molecular formula is C25H23N7O2. The van der Waals surface area contributed by atoms with Crippen molar-refractivity contribution in [1.82, 2.24) is 29.5 Å². The van der Waals surface area contributed by atoms with Crippen LogP contribution in [0, 0.1) is 6.92 Å². The van der Waals surface area contributed by atoms with Crippen LogP contribution < -0.4 is 15.4 Å². The number of aryl methyl sites for hydroxylation is 1. The average Bonchev–Trinajstić information content (AvgIpc) is 3.47. The molecule has 1 amide bonds. The number of hydrogen-bond donors (Lipinski definition) is 2. The molecule has 0 aliphatic heterocycles. The molecule has 170 valence electrons. The predicted molar refractivity (Wildman–Crippen MR) is 128 cm³/mol. The lowest BCUT2D eigenvalue weighted by Crippen LogP contribution is -2.23. The van der Waals surface area contributed by atoms with Crippen LogP contribution in [-0.2, 0) is 13.6 Å². The van der Waals surface area contributed by atoms with Gasteiger partial charge in [0.15, 0.2) is 0 Å². The highest BCUT2D eigenvalue weighted by atomic mass is 16.5. The van der Waals surface area contributed by atoms with Gasteiger partial charge >= 0.3 is 0 Å². The summed E-state index contributed by atoms with van der Waals surface area (Å²) in [4.78, 5) is 21.5. The Morgan fingerprint density at radius 3 is 2.85 bits per heavy atom. The number of fused-ring (bicyclic) bond motifs is 1. The Balaban J connectivity index is 1.28. The zero-order valence-corrected chi connectivity index (χ0v) is 18.8. The number of imidazole rings is 1. The lowest BCUT2D eigenvalue weighted by molar-refractivity contribution is 0.0950. The van der Waals surface area contributed by atoms with Gasteiger partial charge in [-0.3, -0.25) is 9.48 Å². The zero-order valence-electron chi connectivity index (χ0n) is 18.8. The summed E-state index contributed by atoms with van der Waals surface area (Å²) in [5.74, 6) is 1.67. The van der Waals surface area contributed by atoms with Gasteiger partial charge in [-0.2, -0.15) is 5.10 Å². The van der Waals surface area contributed by atoms with E-state index < -0.39 is 0 Å². The van der Waals surface area contributed by atoms with Crippen molar-refractivity contribution in [2.75, 3.05) is 5.32 Å². The molecule has 0 unspecified atom stereocenters. The monoisotopic (exact) mass is 453 g/mol. The maximum Gasteiger partial charge on any atom is 0.251 e. The Labute approximate surface area is 196 Å². The van der Waals surface area contributed by atoms with E-state index in [0.29, 0.717) is 29.4 Å². The van der Waals surface area contributed by atoms with Crippen molar-refractivity contribution >= 4 is 23.1 Å². The number of pyridine rings is 2. The molecule has 5 aromatic rings. The number of anilines is 2. The van der Waals surface area contributed by atoms with Crippen LogP contribution in [-0.4, -0.2) is 30.1 Å². The number of aromatic nitrogens is 5. The molecule has 5 rings (SSSR count). The average molecular weight is 454 g/mol. The van der Waals surface area contributed by atoms with Gasteiger partial charge in [-0.1, -0.05) is 6.07 Å². The maximum atomic E-state index is 12.9. The topological polar surface area (TPSA) is 98.4 Å². The van der Waals surface area contributed by atoms with Crippen LogP contribution in [0.4, 0.5) is 11.5 Å². The molecule has 9 nitrogen and oxygen atoms in total. The van der Waals surface area contributed by atoms with E-state index in [1.54, 1.807) is 41.5 Å². The van der Waals surface area contributed by atoms with Gasteiger partial charge in [-0.15, -0.1) is 0 Å². The van der Waals surface area contributed by atoms with Crippen molar-refractivity contribution in [3.8, 4) is 11.5 Å². The van der Waals surface area contributed by atoms with Gasteiger partial charge in [0.25, 0.3) is 5.91 Å². The number of nitrogens with zero attached hydrogens (tertiary/aromatic N) is 5. The summed E-state index contributed by atoms with van der Waals surface area (Å²) in [5.41, 5.74) is 3.95. The molecule has 0 saturated heterocycles. The van der Waals surface area contributed by atoms with Crippen molar-refractivity contribution < 1.29 is 9.53 Å². The van der Waals surface area contributed by atoms with E-state index in [9.17, 15) is 4.79 Å². The molecular weight excluding hydrogens is 430 g/mol. The Kier molecular flexibility index (Phi) is 5.65. The lowest BCUT2D eigenvalue weighted by atomic mass is 10.1. The van der Waals surface area contributed by atoms with Gasteiger partial charge in [-0.05, 0) is 42.8 Å². The van der Waals surface area contributed by atoms with Gasteiger partial charge < -0.3 is 19.8 Å². The van der Waals surface area contributed by atoms with Crippen molar-refractivity contribution in [1.29, 1.82) is 0 Å². The van der Waals surface area contributed by atoms with Crippen molar-refractivity contribution in [2.24, 2.45) is 7.05 Å². The Morgan fingerprint density at radius 1 is 1.09 bits per heavy atom. The molecule has 34 heavy (non-hydrogen) atoms. The van der Waals surface area contributed by atoms with Gasteiger partial charge in [-0.25, -0.2) is 9.97 Å².